The molecule has 10 nitrogen and oxygen atoms in total. The molecule has 1 saturated heterocycles. The monoisotopic (exact) mass is 600 g/mol. The third-order valence-corrected chi connectivity index (χ3v) is 8.44. The highest BCUT2D eigenvalue weighted by Gasteiger charge is 2.36. The summed E-state index contributed by atoms with van der Waals surface area (Å²) in [5.74, 6) is -0.299. The first-order valence-electron chi connectivity index (χ1n) is 12.5. The minimum Gasteiger partial charge on any atom is -0.382 e. The lowest BCUT2D eigenvalue weighted by Gasteiger charge is -2.20. The van der Waals surface area contributed by atoms with Gasteiger partial charge in [0.05, 0.1) is 28.4 Å². The third-order valence-electron chi connectivity index (χ3n) is 6.68. The Bertz CT molecular complexity index is 1510. The molecule has 40 heavy (non-hydrogen) atoms. The van der Waals surface area contributed by atoms with Crippen molar-refractivity contribution < 1.29 is 40.0 Å². The molecule has 5 rings (SSSR count). The second kappa shape index (κ2) is 11.2. The molecule has 216 valence electrons. The molecular formula is C25H27F3N4O6S2. The van der Waals surface area contributed by atoms with E-state index in [1.807, 2.05) is 0 Å². The number of thiazole rings is 1. The number of carbonyl (C=O) groups is 1. The van der Waals surface area contributed by atoms with Crippen LogP contribution in [0.1, 0.15) is 67.8 Å². The second-order valence-corrected chi connectivity index (χ2v) is 12.3. The summed E-state index contributed by atoms with van der Waals surface area (Å²) in [6, 6.07) is 5.72. The van der Waals surface area contributed by atoms with Gasteiger partial charge in [-0.2, -0.15) is 26.7 Å². The normalized spacial score (nSPS) is 18.8. The molecule has 0 radical (unpaired) electrons. The van der Waals surface area contributed by atoms with Crippen molar-refractivity contribution in [2.75, 3.05) is 26.1 Å². The zero-order valence-electron chi connectivity index (χ0n) is 21.7. The Morgan fingerprint density at radius 3 is 2.70 bits per heavy atom. The van der Waals surface area contributed by atoms with Gasteiger partial charge in [-0.1, -0.05) is 12.1 Å². The van der Waals surface area contributed by atoms with Gasteiger partial charge in [-0.05, 0) is 50.6 Å². The first-order valence-corrected chi connectivity index (χ1v) is 15.1. The van der Waals surface area contributed by atoms with E-state index in [1.165, 1.54) is 24.3 Å². The van der Waals surface area contributed by atoms with Crippen LogP contribution in [0.15, 0.2) is 24.3 Å². The van der Waals surface area contributed by atoms with Crippen LogP contribution in [0.5, 0.6) is 5.75 Å². The van der Waals surface area contributed by atoms with Crippen molar-refractivity contribution in [2.45, 2.75) is 51.1 Å². The Morgan fingerprint density at radius 2 is 2.02 bits per heavy atom. The van der Waals surface area contributed by atoms with E-state index in [9.17, 15) is 26.4 Å². The summed E-state index contributed by atoms with van der Waals surface area (Å²) in [5.41, 5.74) is 0.367. The summed E-state index contributed by atoms with van der Waals surface area (Å²) in [6.45, 7) is 2.44. The minimum atomic E-state index is -4.64. The Kier molecular flexibility index (Phi) is 8.03. The van der Waals surface area contributed by atoms with Crippen LogP contribution in [0.2, 0.25) is 0 Å². The van der Waals surface area contributed by atoms with E-state index in [-0.39, 0.29) is 35.6 Å². The lowest BCUT2D eigenvalue weighted by molar-refractivity contribution is -0.141. The number of rotatable bonds is 7. The van der Waals surface area contributed by atoms with Crippen molar-refractivity contribution in [2.24, 2.45) is 0 Å². The molecule has 2 aliphatic rings. The number of carbonyl (C=O) groups excluding carboxylic acids is 1. The molecule has 0 aliphatic carbocycles. The van der Waals surface area contributed by atoms with Crippen molar-refractivity contribution in [3.63, 3.8) is 0 Å². The Morgan fingerprint density at radius 1 is 1.27 bits per heavy atom. The van der Waals surface area contributed by atoms with Gasteiger partial charge in [-0.25, -0.2) is 4.98 Å². The molecule has 2 aliphatic heterocycles. The molecule has 1 aromatic carbocycles. The van der Waals surface area contributed by atoms with Crippen LogP contribution in [0, 0.1) is 6.92 Å². The van der Waals surface area contributed by atoms with Gasteiger partial charge >= 0.3 is 16.3 Å². The number of aromatic nitrogens is 3. The number of nitrogens with one attached hydrogen (secondary N) is 1. The van der Waals surface area contributed by atoms with Crippen molar-refractivity contribution in [1.29, 1.82) is 0 Å². The molecule has 3 aromatic rings. The molecule has 1 N–H and O–H groups in total. The number of halogens is 3. The fraction of sp³-hybridized carbons (Fsp3) is 0.480. The standard InChI is InChI=1S/C25H27F3N4O6S2/c1-14-10-20(25(26,27)28)31-32(14)11-18(33)23-21(30-24(39-23)15-6-8-29-9-7-15)22-16-4-3-5-19(38-40(2,34)35)17(16)12-36-13-37-22/h3-5,10,15,22,29H,6-9,11-13H2,1-2H3. The number of aryl methyl sites for hydroxylation is 1. The Labute approximate surface area is 232 Å². The van der Waals surface area contributed by atoms with Crippen LogP contribution in [0.3, 0.4) is 0 Å². The highest BCUT2D eigenvalue weighted by atomic mass is 32.2. The molecule has 15 heteroatoms. The van der Waals surface area contributed by atoms with Crippen molar-refractivity contribution >= 4 is 27.2 Å². The number of hydrogen-bond donors (Lipinski definition) is 1. The summed E-state index contributed by atoms with van der Waals surface area (Å²) >= 11 is 1.20. The predicted molar refractivity (Wildman–Crippen MR) is 138 cm³/mol. The van der Waals surface area contributed by atoms with Crippen LogP contribution < -0.4 is 9.50 Å². The van der Waals surface area contributed by atoms with Gasteiger partial charge in [0.25, 0.3) is 0 Å². The van der Waals surface area contributed by atoms with Gasteiger partial charge in [0.2, 0.25) is 0 Å². The fourth-order valence-corrected chi connectivity index (χ4v) is 6.46. The number of benzene rings is 1. The summed E-state index contributed by atoms with van der Waals surface area (Å²) < 4.78 is 81.2. The molecule has 0 saturated carbocycles. The number of Topliss-reactive ketones (excluding diaryl/α,β-unsaturated/α-hetero) is 1. The maximum Gasteiger partial charge on any atom is 0.435 e. The highest BCUT2D eigenvalue weighted by Crippen LogP contribution is 2.41. The highest BCUT2D eigenvalue weighted by molar-refractivity contribution is 7.86. The van der Waals surface area contributed by atoms with Crippen LogP contribution in [0.4, 0.5) is 13.2 Å². The number of ether oxygens (including phenoxy) is 2. The zero-order chi connectivity index (χ0) is 28.7. The van der Waals surface area contributed by atoms with Crippen LogP contribution >= 0.6 is 11.3 Å². The number of fused-ring (bicyclic) bond motifs is 1. The van der Waals surface area contributed by atoms with E-state index in [2.05, 4.69) is 10.4 Å². The first kappa shape index (κ1) is 28.7. The van der Waals surface area contributed by atoms with E-state index < -0.39 is 40.4 Å². The lowest BCUT2D eigenvalue weighted by Crippen LogP contribution is -2.26. The lowest BCUT2D eigenvalue weighted by atomic mass is 9.97. The molecule has 2 aromatic heterocycles. The van der Waals surface area contributed by atoms with Crippen molar-refractivity contribution in [1.82, 2.24) is 20.1 Å². The maximum absolute atomic E-state index is 13.7. The molecule has 4 heterocycles. The number of alkyl halides is 3. The number of nitrogens with zero attached hydrogens (tertiary/aromatic N) is 3. The second-order valence-electron chi connectivity index (χ2n) is 9.66. The minimum absolute atomic E-state index is 0.00119. The average molecular weight is 601 g/mol. The van der Waals surface area contributed by atoms with Gasteiger partial charge < -0.3 is 19.0 Å². The topological polar surface area (TPSA) is 122 Å². The number of ketones is 1. The number of hydrogen-bond acceptors (Lipinski definition) is 10. The molecule has 0 bridgehead atoms. The van der Waals surface area contributed by atoms with E-state index >= 15 is 0 Å². The van der Waals surface area contributed by atoms with Crippen molar-refractivity contribution in [3.05, 3.63) is 62.4 Å². The Balaban J connectivity index is 1.57. The predicted octanol–water partition coefficient (Wildman–Crippen LogP) is 3.95. The summed E-state index contributed by atoms with van der Waals surface area (Å²) in [5, 5.41) is 7.63. The van der Waals surface area contributed by atoms with Gasteiger partial charge in [0.15, 0.2) is 11.5 Å². The molecule has 1 unspecified atom stereocenters. The third kappa shape index (κ3) is 6.22. The summed E-state index contributed by atoms with van der Waals surface area (Å²) in [6.07, 6.45) is -2.99. The average Bonchev–Trinajstić information content (AvgIpc) is 3.42. The molecular weight excluding hydrogens is 573 g/mol. The molecule has 1 fully saturated rings. The van der Waals surface area contributed by atoms with Crippen LogP contribution in [-0.2, 0) is 38.9 Å². The van der Waals surface area contributed by atoms with Gasteiger partial charge in [-0.3, -0.25) is 9.48 Å². The molecule has 1 atom stereocenters. The van der Waals surface area contributed by atoms with Gasteiger partial charge in [0.1, 0.15) is 25.2 Å². The van der Waals surface area contributed by atoms with E-state index in [0.717, 1.165) is 47.9 Å². The smallest absolute Gasteiger partial charge is 0.382 e. The van der Waals surface area contributed by atoms with E-state index in [1.54, 1.807) is 12.1 Å². The van der Waals surface area contributed by atoms with Crippen LogP contribution in [-0.4, -0.2) is 55.1 Å². The zero-order valence-corrected chi connectivity index (χ0v) is 23.3. The first-order chi connectivity index (χ1) is 18.9. The van der Waals surface area contributed by atoms with Gasteiger partial charge in [0, 0.05) is 17.2 Å². The van der Waals surface area contributed by atoms with Crippen LogP contribution in [0.25, 0.3) is 0 Å². The molecule has 0 amide bonds. The fourth-order valence-electron chi connectivity index (χ4n) is 4.79. The summed E-state index contributed by atoms with van der Waals surface area (Å²) in [7, 11) is -3.84. The SMILES string of the molecule is Cc1cc(C(F)(F)F)nn1CC(=O)c1sc(C2CCNCC2)nc1C1OCOCc2c(OS(C)(=O)=O)cccc21. The van der Waals surface area contributed by atoms with E-state index in [4.69, 9.17) is 18.6 Å². The largest absolute Gasteiger partial charge is 0.435 e. The van der Waals surface area contributed by atoms with Gasteiger partial charge in [-0.15, -0.1) is 11.3 Å². The maximum atomic E-state index is 13.7. The number of piperidine rings is 1. The van der Waals surface area contributed by atoms with E-state index in [0.29, 0.717) is 16.8 Å². The summed E-state index contributed by atoms with van der Waals surface area (Å²) in [4.78, 5) is 18.8. The Hall–Kier alpha value is -2.85. The quantitative estimate of drug-likeness (QED) is 0.317. The molecule has 0 spiro atoms. The van der Waals surface area contributed by atoms with Crippen molar-refractivity contribution in [3.8, 4) is 5.75 Å².